The Morgan fingerprint density at radius 1 is 0.837 bits per heavy atom. The number of aromatic nitrogens is 3. The molecular weight excluding hydrogens is 546 g/mol. The van der Waals surface area contributed by atoms with Gasteiger partial charge in [0.15, 0.2) is 11.4 Å². The first-order valence-electron chi connectivity index (χ1n) is 14.4. The number of anilines is 2. The minimum atomic E-state index is -0.803. The van der Waals surface area contributed by atoms with Crippen molar-refractivity contribution in [3.63, 3.8) is 0 Å². The van der Waals surface area contributed by atoms with Gasteiger partial charge in [0.1, 0.15) is 35.0 Å². The van der Waals surface area contributed by atoms with Crippen LogP contribution in [0.25, 0.3) is 0 Å². The molecule has 6 rings (SSSR count). The maximum absolute atomic E-state index is 14.7. The van der Waals surface area contributed by atoms with Crippen LogP contribution in [0, 0.1) is 0 Å². The molecule has 0 N–H and O–H groups in total. The zero-order valence-corrected chi connectivity index (χ0v) is 24.7. The highest BCUT2D eigenvalue weighted by molar-refractivity contribution is 5.98. The second kappa shape index (κ2) is 11.8. The van der Waals surface area contributed by atoms with Crippen molar-refractivity contribution in [3.8, 4) is 17.2 Å². The molecule has 1 amide bonds. The van der Waals surface area contributed by atoms with Crippen LogP contribution in [0.15, 0.2) is 78.0 Å². The topological polar surface area (TPSA) is 99.0 Å². The number of carbonyl (C=O) groups is 1. The van der Waals surface area contributed by atoms with Crippen molar-refractivity contribution in [3.05, 3.63) is 100 Å². The lowest BCUT2D eigenvalue weighted by molar-refractivity contribution is 0.00841. The van der Waals surface area contributed by atoms with E-state index < -0.39 is 5.66 Å². The molecule has 4 aromatic rings. The van der Waals surface area contributed by atoms with Crippen LogP contribution in [0.1, 0.15) is 53.7 Å². The van der Waals surface area contributed by atoms with E-state index >= 15 is 0 Å². The Labute approximate surface area is 250 Å². The van der Waals surface area contributed by atoms with Crippen molar-refractivity contribution in [1.82, 2.24) is 19.4 Å². The first-order valence-corrected chi connectivity index (χ1v) is 14.4. The molecule has 1 aliphatic carbocycles. The molecule has 0 bridgehead atoms. The molecular formula is C33H35N5O5. The zero-order valence-electron chi connectivity index (χ0n) is 24.7. The highest BCUT2D eigenvalue weighted by atomic mass is 16.5. The summed E-state index contributed by atoms with van der Waals surface area (Å²) in [6.45, 7) is 0.721. The van der Waals surface area contributed by atoms with E-state index in [1.54, 1.807) is 37.1 Å². The minimum absolute atomic E-state index is 0.207. The van der Waals surface area contributed by atoms with E-state index in [0.29, 0.717) is 48.9 Å². The van der Waals surface area contributed by atoms with Gasteiger partial charge in [-0.3, -0.25) is 14.2 Å². The van der Waals surface area contributed by atoms with Crippen LogP contribution in [0.2, 0.25) is 0 Å². The first kappa shape index (κ1) is 28.3. The quantitative estimate of drug-likeness (QED) is 0.264. The second-order valence-electron chi connectivity index (χ2n) is 10.9. The summed E-state index contributed by atoms with van der Waals surface area (Å²) in [5.41, 5.74) is 1.52. The van der Waals surface area contributed by atoms with E-state index in [1.807, 2.05) is 58.3 Å². The Hall–Kier alpha value is -4.86. The number of benzene rings is 2. The molecule has 10 nitrogen and oxygen atoms in total. The Morgan fingerprint density at radius 2 is 1.49 bits per heavy atom. The molecule has 222 valence electrons. The van der Waals surface area contributed by atoms with Crippen molar-refractivity contribution in [2.75, 3.05) is 26.2 Å². The van der Waals surface area contributed by atoms with Crippen LogP contribution in [-0.2, 0) is 18.8 Å². The average Bonchev–Trinajstić information content (AvgIpc) is 3.28. The number of methoxy groups -OCH3 is 3. The zero-order chi connectivity index (χ0) is 30.0. The molecule has 2 aliphatic rings. The van der Waals surface area contributed by atoms with Crippen LogP contribution < -0.4 is 24.7 Å². The molecule has 2 aromatic heterocycles. The normalized spacial score (nSPS) is 15.3. The molecule has 43 heavy (non-hydrogen) atoms. The Bertz CT molecular complexity index is 1650. The van der Waals surface area contributed by atoms with Gasteiger partial charge in [-0.2, -0.15) is 0 Å². The molecule has 2 aromatic carbocycles. The van der Waals surface area contributed by atoms with Gasteiger partial charge in [-0.25, -0.2) is 9.97 Å². The lowest BCUT2D eigenvalue weighted by atomic mass is 9.87. The summed E-state index contributed by atoms with van der Waals surface area (Å²) in [5.74, 6) is 2.20. The summed E-state index contributed by atoms with van der Waals surface area (Å²) in [4.78, 5) is 41.3. The van der Waals surface area contributed by atoms with Crippen molar-refractivity contribution in [2.24, 2.45) is 0 Å². The maximum atomic E-state index is 14.7. The summed E-state index contributed by atoms with van der Waals surface area (Å²) in [7, 11) is 4.79. The molecule has 0 saturated heterocycles. The van der Waals surface area contributed by atoms with Gasteiger partial charge >= 0.3 is 0 Å². The van der Waals surface area contributed by atoms with E-state index in [1.165, 1.54) is 13.4 Å². The molecule has 1 spiro atoms. The largest absolute Gasteiger partial charge is 0.497 e. The Kier molecular flexibility index (Phi) is 7.75. The third kappa shape index (κ3) is 5.07. The number of hydrogen-bond donors (Lipinski definition) is 0. The fourth-order valence-corrected chi connectivity index (χ4v) is 6.36. The van der Waals surface area contributed by atoms with E-state index in [4.69, 9.17) is 14.2 Å². The molecule has 3 heterocycles. The van der Waals surface area contributed by atoms with Crippen molar-refractivity contribution in [1.29, 1.82) is 0 Å². The number of carbonyl (C=O) groups excluding carboxylic acids is 1. The predicted octanol–water partition coefficient (Wildman–Crippen LogP) is 5.28. The van der Waals surface area contributed by atoms with Gasteiger partial charge in [0.25, 0.3) is 11.5 Å². The summed E-state index contributed by atoms with van der Waals surface area (Å²) >= 11 is 0. The monoisotopic (exact) mass is 581 g/mol. The first-order chi connectivity index (χ1) is 21.0. The number of rotatable bonds is 9. The third-order valence-corrected chi connectivity index (χ3v) is 8.52. The van der Waals surface area contributed by atoms with Gasteiger partial charge in [0, 0.05) is 25.4 Å². The van der Waals surface area contributed by atoms with Crippen LogP contribution in [0.4, 0.5) is 11.5 Å². The SMILES string of the molecule is COc1ccc(CN(c2ccncn2)c2cc(OC)c3n(c2=O)C2(CCCCC2)N(Cc2ccc(OC)cc2)C3=O)cc1. The molecule has 1 fully saturated rings. The molecule has 1 saturated carbocycles. The lowest BCUT2D eigenvalue weighted by Gasteiger charge is -2.42. The number of hydrogen-bond acceptors (Lipinski definition) is 8. The Balaban J connectivity index is 1.50. The number of nitrogens with zero attached hydrogens (tertiary/aromatic N) is 5. The number of ether oxygens (including phenoxy) is 3. The predicted molar refractivity (Wildman–Crippen MR) is 162 cm³/mol. The molecule has 10 heteroatoms. The summed E-state index contributed by atoms with van der Waals surface area (Å²) < 4.78 is 18.2. The standard InChI is InChI=1S/C33H35N5O5/c1-41-25-11-7-23(8-12-25)20-36(29-15-18-34-22-35-29)27-19-28(43-3)30-32(40)37(21-24-9-13-26(42-2)14-10-24)33(38(30)31(27)39)16-5-4-6-17-33/h7-15,18-19,22H,4-6,16-17,20-21H2,1-3H3. The maximum Gasteiger partial charge on any atom is 0.277 e. The fraction of sp³-hybridized carbons (Fsp3) is 0.333. The lowest BCUT2D eigenvalue weighted by Crippen LogP contribution is -2.51. The van der Waals surface area contributed by atoms with Crippen LogP contribution in [0.5, 0.6) is 17.2 Å². The van der Waals surface area contributed by atoms with Crippen LogP contribution >= 0.6 is 0 Å². The van der Waals surface area contributed by atoms with Gasteiger partial charge in [-0.05, 0) is 67.1 Å². The summed E-state index contributed by atoms with van der Waals surface area (Å²) in [6, 6.07) is 18.8. The molecule has 0 atom stereocenters. The minimum Gasteiger partial charge on any atom is -0.497 e. The number of pyridine rings is 1. The van der Waals surface area contributed by atoms with Crippen molar-refractivity contribution in [2.45, 2.75) is 50.9 Å². The van der Waals surface area contributed by atoms with E-state index in [-0.39, 0.29) is 11.5 Å². The van der Waals surface area contributed by atoms with Gasteiger partial charge in [-0.1, -0.05) is 30.7 Å². The second-order valence-corrected chi connectivity index (χ2v) is 10.9. The molecule has 0 radical (unpaired) electrons. The van der Waals surface area contributed by atoms with Crippen molar-refractivity contribution < 1.29 is 19.0 Å². The Morgan fingerprint density at radius 3 is 2.07 bits per heavy atom. The number of fused-ring (bicyclic) bond motifs is 2. The summed E-state index contributed by atoms with van der Waals surface area (Å²) in [6.07, 6.45) is 7.34. The molecule has 0 unspecified atom stereocenters. The van der Waals surface area contributed by atoms with Crippen molar-refractivity contribution >= 4 is 17.4 Å². The van der Waals surface area contributed by atoms with Gasteiger partial charge in [0.05, 0.1) is 21.3 Å². The highest BCUT2D eigenvalue weighted by Gasteiger charge is 2.52. The number of amides is 1. The van der Waals surface area contributed by atoms with Crippen LogP contribution in [0.3, 0.4) is 0 Å². The fourth-order valence-electron chi connectivity index (χ4n) is 6.36. The van der Waals surface area contributed by atoms with E-state index in [0.717, 1.165) is 41.9 Å². The highest BCUT2D eigenvalue weighted by Crippen LogP contribution is 2.46. The van der Waals surface area contributed by atoms with Gasteiger partial charge < -0.3 is 24.0 Å². The van der Waals surface area contributed by atoms with E-state index in [2.05, 4.69) is 9.97 Å². The van der Waals surface area contributed by atoms with Gasteiger partial charge in [-0.15, -0.1) is 0 Å². The molecule has 1 aliphatic heterocycles. The summed E-state index contributed by atoms with van der Waals surface area (Å²) in [5, 5.41) is 0. The third-order valence-electron chi connectivity index (χ3n) is 8.52. The van der Waals surface area contributed by atoms with Gasteiger partial charge in [0.2, 0.25) is 0 Å². The average molecular weight is 582 g/mol. The van der Waals surface area contributed by atoms with E-state index in [9.17, 15) is 9.59 Å². The van der Waals surface area contributed by atoms with Crippen LogP contribution in [-0.4, -0.2) is 46.7 Å². The smallest absolute Gasteiger partial charge is 0.277 e.